The van der Waals surface area contributed by atoms with Crippen LogP contribution in [0.4, 0.5) is 4.79 Å². The van der Waals surface area contributed by atoms with Gasteiger partial charge in [0.05, 0.1) is 32.1 Å². The van der Waals surface area contributed by atoms with Gasteiger partial charge in [0.2, 0.25) is 0 Å². The maximum absolute atomic E-state index is 12.4. The van der Waals surface area contributed by atoms with Crippen molar-refractivity contribution in [3.05, 3.63) is 24.2 Å². The fourth-order valence-corrected chi connectivity index (χ4v) is 3.77. The summed E-state index contributed by atoms with van der Waals surface area (Å²) in [5.41, 5.74) is 0. The average molecular weight is 349 g/mol. The Hall–Kier alpha value is -2.06. The summed E-state index contributed by atoms with van der Waals surface area (Å²) in [5.74, 6) is 0.175. The average Bonchev–Trinajstić information content (AvgIpc) is 3.33. The maximum atomic E-state index is 12.4. The summed E-state index contributed by atoms with van der Waals surface area (Å²) in [6, 6.07) is 3.29. The van der Waals surface area contributed by atoms with Gasteiger partial charge in [-0.25, -0.2) is 4.79 Å². The van der Waals surface area contributed by atoms with Gasteiger partial charge >= 0.3 is 6.09 Å². The van der Waals surface area contributed by atoms with Crippen LogP contribution in [0.25, 0.3) is 0 Å². The minimum Gasteiger partial charge on any atom is -0.459 e. The van der Waals surface area contributed by atoms with Crippen molar-refractivity contribution in [3.63, 3.8) is 0 Å². The molecule has 0 spiro atoms. The smallest absolute Gasteiger partial charge is 0.410 e. The van der Waals surface area contributed by atoms with Crippen molar-refractivity contribution in [1.82, 2.24) is 14.7 Å². The van der Waals surface area contributed by atoms with Crippen LogP contribution in [0.3, 0.4) is 0 Å². The van der Waals surface area contributed by atoms with E-state index in [1.165, 1.54) is 6.26 Å². The van der Waals surface area contributed by atoms with Crippen LogP contribution in [0, 0.1) is 0 Å². The normalized spacial score (nSPS) is 26.8. The molecule has 0 saturated carbocycles. The van der Waals surface area contributed by atoms with Gasteiger partial charge in [0.1, 0.15) is 6.10 Å². The molecule has 2 amide bonds. The van der Waals surface area contributed by atoms with Crippen LogP contribution in [-0.4, -0.2) is 91.3 Å². The highest BCUT2D eigenvalue weighted by Crippen LogP contribution is 2.28. The van der Waals surface area contributed by atoms with E-state index in [2.05, 4.69) is 4.90 Å². The zero-order valence-electron chi connectivity index (χ0n) is 14.1. The molecule has 0 aromatic carbocycles. The Bertz CT molecular complexity index is 614. The second-order valence-electron chi connectivity index (χ2n) is 6.68. The van der Waals surface area contributed by atoms with Crippen molar-refractivity contribution in [2.24, 2.45) is 0 Å². The predicted molar refractivity (Wildman–Crippen MR) is 87.3 cm³/mol. The lowest BCUT2D eigenvalue weighted by molar-refractivity contribution is 0.0362. The number of hydrogen-bond acceptors (Lipinski definition) is 6. The zero-order valence-corrected chi connectivity index (χ0v) is 14.1. The van der Waals surface area contributed by atoms with Crippen LogP contribution >= 0.6 is 0 Å². The number of rotatable bonds is 5. The molecule has 0 aliphatic carbocycles. The fraction of sp³-hybridized carbons (Fsp3) is 0.647. The first-order chi connectivity index (χ1) is 12.2. The van der Waals surface area contributed by atoms with Crippen LogP contribution in [0.2, 0.25) is 0 Å². The summed E-state index contributed by atoms with van der Waals surface area (Å²) in [7, 11) is 0. The molecule has 8 nitrogen and oxygen atoms in total. The van der Waals surface area contributed by atoms with Crippen LogP contribution in [0.5, 0.6) is 0 Å². The van der Waals surface area contributed by atoms with Crippen LogP contribution in [-0.2, 0) is 9.47 Å². The number of amides is 2. The lowest BCUT2D eigenvalue weighted by Crippen LogP contribution is -2.42. The lowest BCUT2D eigenvalue weighted by atomic mass is 10.2. The molecule has 1 aromatic rings. The Morgan fingerprint density at radius 3 is 2.80 bits per heavy atom. The van der Waals surface area contributed by atoms with Crippen molar-refractivity contribution < 1.29 is 23.5 Å². The molecule has 4 heterocycles. The molecule has 0 N–H and O–H groups in total. The van der Waals surface area contributed by atoms with E-state index < -0.39 is 0 Å². The second kappa shape index (κ2) is 7.05. The molecule has 25 heavy (non-hydrogen) atoms. The number of carbonyl (C=O) groups excluding carboxylic acids is 2. The van der Waals surface area contributed by atoms with E-state index in [-0.39, 0.29) is 24.1 Å². The summed E-state index contributed by atoms with van der Waals surface area (Å²) >= 11 is 0. The number of hydrogen-bond donors (Lipinski definition) is 0. The van der Waals surface area contributed by atoms with E-state index in [0.29, 0.717) is 25.4 Å². The van der Waals surface area contributed by atoms with Gasteiger partial charge in [0.15, 0.2) is 5.76 Å². The highest BCUT2D eigenvalue weighted by molar-refractivity contribution is 5.92. The minimum atomic E-state index is -0.262. The largest absolute Gasteiger partial charge is 0.459 e. The number of furan rings is 1. The molecule has 3 fully saturated rings. The standard InChI is InChI=1S/C17H23N3O5/c21-16(14-3-1-8-24-14)19-11-13-15(12-19)25-17(22)20(13)5-2-4-18-6-9-23-10-7-18/h1,3,8,13,15H,2,4-7,9-12H2/t13-,15+/m0/s1. The van der Waals surface area contributed by atoms with E-state index in [9.17, 15) is 9.59 Å². The van der Waals surface area contributed by atoms with Crippen LogP contribution < -0.4 is 0 Å². The number of ether oxygens (including phenoxy) is 2. The van der Waals surface area contributed by atoms with E-state index in [4.69, 9.17) is 13.9 Å². The first kappa shape index (κ1) is 16.4. The molecule has 3 aliphatic rings. The lowest BCUT2D eigenvalue weighted by Gasteiger charge is -2.28. The van der Waals surface area contributed by atoms with Gasteiger partial charge in [-0.15, -0.1) is 0 Å². The van der Waals surface area contributed by atoms with Crippen molar-refractivity contribution in [2.45, 2.75) is 18.6 Å². The molecular formula is C17H23N3O5. The van der Waals surface area contributed by atoms with Crippen LogP contribution in [0.1, 0.15) is 17.0 Å². The third-order valence-electron chi connectivity index (χ3n) is 5.12. The molecule has 3 saturated heterocycles. The summed E-state index contributed by atoms with van der Waals surface area (Å²) < 4.78 is 16.0. The van der Waals surface area contributed by atoms with Crippen LogP contribution in [0.15, 0.2) is 22.8 Å². The number of morpholine rings is 1. The number of nitrogens with zero attached hydrogens (tertiary/aromatic N) is 3. The molecular weight excluding hydrogens is 326 g/mol. The zero-order chi connectivity index (χ0) is 17.2. The topological polar surface area (TPSA) is 75.5 Å². The van der Waals surface area contributed by atoms with Crippen molar-refractivity contribution in [1.29, 1.82) is 0 Å². The van der Waals surface area contributed by atoms with Gasteiger partial charge in [-0.3, -0.25) is 14.6 Å². The van der Waals surface area contributed by atoms with Gasteiger partial charge < -0.3 is 18.8 Å². The highest BCUT2D eigenvalue weighted by Gasteiger charge is 2.48. The molecule has 4 rings (SSSR count). The van der Waals surface area contributed by atoms with Crippen molar-refractivity contribution in [3.8, 4) is 0 Å². The first-order valence-electron chi connectivity index (χ1n) is 8.82. The summed E-state index contributed by atoms with van der Waals surface area (Å²) in [4.78, 5) is 30.4. The minimum absolute atomic E-state index is 0.0592. The van der Waals surface area contributed by atoms with E-state index >= 15 is 0 Å². The number of likely N-dealkylation sites (tertiary alicyclic amines) is 1. The van der Waals surface area contributed by atoms with E-state index in [1.807, 2.05) is 0 Å². The summed E-state index contributed by atoms with van der Waals surface area (Å²) in [6.07, 6.45) is 1.88. The SMILES string of the molecule is O=C(c1ccco1)N1C[C@H]2OC(=O)N(CCCN3CCOCC3)[C@H]2C1. The quantitative estimate of drug-likeness (QED) is 0.777. The van der Waals surface area contributed by atoms with Gasteiger partial charge in [-0.2, -0.15) is 0 Å². The predicted octanol–water partition coefficient (Wildman–Crippen LogP) is 0.647. The maximum Gasteiger partial charge on any atom is 0.410 e. The van der Waals surface area contributed by atoms with E-state index in [1.54, 1.807) is 21.9 Å². The molecule has 0 unspecified atom stereocenters. The molecule has 8 heteroatoms. The summed E-state index contributed by atoms with van der Waals surface area (Å²) in [6.45, 7) is 5.97. The van der Waals surface area contributed by atoms with Crippen molar-refractivity contribution >= 4 is 12.0 Å². The summed E-state index contributed by atoms with van der Waals surface area (Å²) in [5, 5.41) is 0. The Balaban J connectivity index is 1.31. The molecule has 0 bridgehead atoms. The van der Waals surface area contributed by atoms with Gasteiger partial charge in [0.25, 0.3) is 5.91 Å². The van der Waals surface area contributed by atoms with Crippen molar-refractivity contribution in [2.75, 3.05) is 52.5 Å². The monoisotopic (exact) mass is 349 g/mol. The second-order valence-corrected chi connectivity index (χ2v) is 6.68. The number of carbonyl (C=O) groups is 2. The first-order valence-corrected chi connectivity index (χ1v) is 8.82. The Morgan fingerprint density at radius 1 is 1.20 bits per heavy atom. The van der Waals surface area contributed by atoms with Gasteiger partial charge in [0, 0.05) is 32.7 Å². The fourth-order valence-electron chi connectivity index (χ4n) is 3.77. The van der Waals surface area contributed by atoms with E-state index in [0.717, 1.165) is 39.3 Å². The Kier molecular flexibility index (Phi) is 4.63. The third-order valence-corrected chi connectivity index (χ3v) is 5.12. The van der Waals surface area contributed by atoms with Gasteiger partial charge in [-0.1, -0.05) is 0 Å². The Labute approximate surface area is 146 Å². The molecule has 2 atom stereocenters. The third kappa shape index (κ3) is 3.36. The molecule has 1 aromatic heterocycles. The molecule has 136 valence electrons. The number of fused-ring (bicyclic) bond motifs is 1. The van der Waals surface area contributed by atoms with Gasteiger partial charge in [-0.05, 0) is 18.6 Å². The Morgan fingerprint density at radius 2 is 2.04 bits per heavy atom. The highest BCUT2D eigenvalue weighted by atomic mass is 16.6. The molecule has 0 radical (unpaired) electrons. The molecule has 3 aliphatic heterocycles.